The number of nitro groups is 1. The van der Waals surface area contributed by atoms with Crippen LogP contribution in [-0.2, 0) is 12.7 Å². The van der Waals surface area contributed by atoms with E-state index in [0.717, 1.165) is 12.1 Å². The van der Waals surface area contributed by atoms with Crippen molar-refractivity contribution in [1.29, 1.82) is 0 Å². The third kappa shape index (κ3) is 4.65. The molecule has 0 unspecified atom stereocenters. The predicted molar refractivity (Wildman–Crippen MR) is 116 cm³/mol. The molecule has 1 N–H and O–H groups in total. The van der Waals surface area contributed by atoms with Gasteiger partial charge < -0.3 is 9.67 Å². The van der Waals surface area contributed by atoms with Crippen LogP contribution in [0.4, 0.5) is 30.2 Å². The van der Waals surface area contributed by atoms with Crippen LogP contribution in [0.5, 0.6) is 5.88 Å². The van der Waals surface area contributed by atoms with Crippen LogP contribution in [0.1, 0.15) is 11.1 Å². The minimum atomic E-state index is -4.49. The molecule has 0 aliphatic heterocycles. The topological polar surface area (TPSA) is 93.0 Å². The van der Waals surface area contributed by atoms with Crippen LogP contribution in [0.3, 0.4) is 0 Å². The number of alkyl halides is 3. The maximum Gasteiger partial charge on any atom is 0.416 e. The average molecular weight is 475 g/mol. The van der Waals surface area contributed by atoms with Crippen molar-refractivity contribution in [2.24, 2.45) is 10.2 Å². The fourth-order valence-electron chi connectivity index (χ4n) is 3.33. The lowest BCUT2D eigenvalue weighted by atomic mass is 10.1. The van der Waals surface area contributed by atoms with Gasteiger partial charge in [-0.15, -0.1) is 5.11 Å². The number of hydrogen-bond donors (Lipinski definition) is 1. The molecule has 0 bridgehead atoms. The van der Waals surface area contributed by atoms with E-state index >= 15 is 0 Å². The van der Waals surface area contributed by atoms with Crippen molar-refractivity contribution < 1.29 is 23.2 Å². The van der Waals surface area contributed by atoms with Crippen LogP contribution in [0, 0.1) is 10.1 Å². The van der Waals surface area contributed by atoms with Gasteiger partial charge in [-0.2, -0.15) is 18.3 Å². The van der Waals surface area contributed by atoms with Crippen molar-refractivity contribution >= 4 is 39.6 Å². The second-order valence-electron chi connectivity index (χ2n) is 7.09. The molecule has 11 heteroatoms. The van der Waals surface area contributed by atoms with Gasteiger partial charge in [0.15, 0.2) is 5.69 Å². The minimum absolute atomic E-state index is 0.0546. The first-order valence-electron chi connectivity index (χ1n) is 9.46. The first kappa shape index (κ1) is 22.3. The molecule has 0 spiro atoms. The lowest BCUT2D eigenvalue weighted by molar-refractivity contribution is -0.384. The first-order chi connectivity index (χ1) is 15.6. The van der Waals surface area contributed by atoms with Crippen molar-refractivity contribution in [3.05, 3.63) is 93.0 Å². The van der Waals surface area contributed by atoms with Gasteiger partial charge in [-0.05, 0) is 48.0 Å². The van der Waals surface area contributed by atoms with E-state index in [2.05, 4.69) is 10.2 Å². The van der Waals surface area contributed by atoms with Gasteiger partial charge in [-0.25, -0.2) is 0 Å². The zero-order valence-corrected chi connectivity index (χ0v) is 17.4. The highest BCUT2D eigenvalue weighted by atomic mass is 35.5. The lowest BCUT2D eigenvalue weighted by Crippen LogP contribution is -2.06. The molecule has 7 nitrogen and oxygen atoms in total. The summed E-state index contributed by atoms with van der Waals surface area (Å²) in [6, 6.07) is 14.9. The van der Waals surface area contributed by atoms with E-state index in [1.807, 2.05) is 0 Å². The van der Waals surface area contributed by atoms with E-state index in [9.17, 15) is 28.4 Å². The summed E-state index contributed by atoms with van der Waals surface area (Å²) in [5.41, 5.74) is 0.287. The largest absolute Gasteiger partial charge is 0.493 e. The molecule has 0 saturated heterocycles. The minimum Gasteiger partial charge on any atom is -0.493 e. The number of halogens is 4. The monoisotopic (exact) mass is 474 g/mol. The van der Waals surface area contributed by atoms with E-state index < -0.39 is 16.7 Å². The summed E-state index contributed by atoms with van der Waals surface area (Å²) < 4.78 is 40.7. The molecule has 0 atom stereocenters. The Bertz CT molecular complexity index is 1380. The highest BCUT2D eigenvalue weighted by molar-refractivity contribution is 6.31. The van der Waals surface area contributed by atoms with Gasteiger partial charge >= 0.3 is 6.18 Å². The number of aromatic hydroxyl groups is 1. The average Bonchev–Trinajstić information content (AvgIpc) is 3.02. The Morgan fingerprint density at radius 1 is 1.03 bits per heavy atom. The summed E-state index contributed by atoms with van der Waals surface area (Å²) >= 11 is 6.10. The van der Waals surface area contributed by atoms with Crippen molar-refractivity contribution in [3.63, 3.8) is 0 Å². The number of rotatable bonds is 5. The third-order valence-corrected chi connectivity index (χ3v) is 5.13. The Kier molecular flexibility index (Phi) is 5.77. The number of fused-ring (bicyclic) bond motifs is 1. The Labute approximate surface area is 189 Å². The normalized spacial score (nSPS) is 12.0. The summed E-state index contributed by atoms with van der Waals surface area (Å²) in [6.45, 7) is -0.0546. The second kappa shape index (κ2) is 8.55. The number of non-ortho nitro benzene ring substituents is 1. The summed E-state index contributed by atoms with van der Waals surface area (Å²) in [6.07, 6.45) is -4.49. The second-order valence-corrected chi connectivity index (χ2v) is 7.53. The number of nitro benzene ring substituents is 1. The third-order valence-electron chi connectivity index (χ3n) is 4.89. The molecule has 3 aromatic carbocycles. The number of azo groups is 1. The summed E-state index contributed by atoms with van der Waals surface area (Å²) in [4.78, 5) is 10.2. The van der Waals surface area contributed by atoms with Crippen LogP contribution in [-0.4, -0.2) is 14.6 Å². The van der Waals surface area contributed by atoms with Crippen LogP contribution in [0.25, 0.3) is 10.9 Å². The zero-order chi connectivity index (χ0) is 23.8. The van der Waals surface area contributed by atoms with Crippen molar-refractivity contribution in [3.8, 4) is 5.88 Å². The van der Waals surface area contributed by atoms with Gasteiger partial charge in [0.2, 0.25) is 5.88 Å². The Hall–Kier alpha value is -3.92. The van der Waals surface area contributed by atoms with E-state index in [-0.39, 0.29) is 23.8 Å². The lowest BCUT2D eigenvalue weighted by Gasteiger charge is -2.11. The molecule has 168 valence electrons. The SMILES string of the molecule is O=[N+]([O-])c1ccc(N=Nc2c(O)n(Cc3cccc(C(F)(F)F)c3)c3ccc(Cl)cc23)cc1. The smallest absolute Gasteiger partial charge is 0.416 e. The van der Waals surface area contributed by atoms with E-state index in [0.29, 0.717) is 27.2 Å². The van der Waals surface area contributed by atoms with Crippen LogP contribution >= 0.6 is 11.6 Å². The van der Waals surface area contributed by atoms with E-state index in [1.54, 1.807) is 18.2 Å². The predicted octanol–water partition coefficient (Wildman–Crippen LogP) is 7.39. The zero-order valence-electron chi connectivity index (χ0n) is 16.6. The fraction of sp³-hybridized carbons (Fsp3) is 0.0909. The highest BCUT2D eigenvalue weighted by Gasteiger charge is 2.30. The maximum absolute atomic E-state index is 13.1. The standard InChI is InChI=1S/C22H14ClF3N4O3/c23-15-4-9-19-18(11-15)20(28-27-16-5-7-17(8-6-16)30(32)33)21(31)29(19)12-13-2-1-3-14(10-13)22(24,25)26/h1-11,31H,12H2. The fourth-order valence-corrected chi connectivity index (χ4v) is 3.50. The van der Waals surface area contributed by atoms with Gasteiger partial charge in [0.1, 0.15) is 0 Å². The quantitative estimate of drug-likeness (QED) is 0.185. The molecule has 0 aliphatic rings. The molecule has 33 heavy (non-hydrogen) atoms. The molecule has 4 aromatic rings. The Morgan fingerprint density at radius 2 is 1.76 bits per heavy atom. The van der Waals surface area contributed by atoms with Gasteiger partial charge in [0.05, 0.1) is 28.2 Å². The van der Waals surface area contributed by atoms with Crippen molar-refractivity contribution in [2.75, 3.05) is 0 Å². The van der Waals surface area contributed by atoms with Crippen molar-refractivity contribution in [1.82, 2.24) is 4.57 Å². The van der Waals surface area contributed by atoms with Gasteiger partial charge in [0, 0.05) is 22.5 Å². The van der Waals surface area contributed by atoms with Gasteiger partial charge in [-0.1, -0.05) is 23.7 Å². The number of aromatic nitrogens is 1. The molecular formula is C22H14ClF3N4O3. The maximum atomic E-state index is 13.1. The Morgan fingerprint density at radius 3 is 2.42 bits per heavy atom. The van der Waals surface area contributed by atoms with Crippen LogP contribution in [0.15, 0.2) is 77.0 Å². The number of hydrogen-bond acceptors (Lipinski definition) is 5. The molecule has 0 radical (unpaired) electrons. The molecule has 0 amide bonds. The molecule has 0 aliphatic carbocycles. The van der Waals surface area contributed by atoms with Gasteiger partial charge in [-0.3, -0.25) is 10.1 Å². The van der Waals surface area contributed by atoms with Crippen LogP contribution < -0.4 is 0 Å². The first-order valence-corrected chi connectivity index (χ1v) is 9.84. The van der Waals surface area contributed by atoms with E-state index in [1.165, 1.54) is 41.0 Å². The summed E-state index contributed by atoms with van der Waals surface area (Å²) in [5, 5.41) is 30.5. The molecule has 4 rings (SSSR count). The van der Waals surface area contributed by atoms with Crippen LogP contribution in [0.2, 0.25) is 5.02 Å². The Balaban J connectivity index is 1.75. The molecule has 1 aromatic heterocycles. The molecule has 1 heterocycles. The van der Waals surface area contributed by atoms with Crippen molar-refractivity contribution in [2.45, 2.75) is 12.7 Å². The summed E-state index contributed by atoms with van der Waals surface area (Å²) in [7, 11) is 0. The van der Waals surface area contributed by atoms with E-state index in [4.69, 9.17) is 11.6 Å². The highest BCUT2D eigenvalue weighted by Crippen LogP contribution is 2.41. The number of benzene rings is 3. The molecule has 0 fully saturated rings. The molecule has 0 saturated carbocycles. The van der Waals surface area contributed by atoms with Gasteiger partial charge in [0.25, 0.3) is 5.69 Å². The molecular weight excluding hydrogens is 461 g/mol. The summed E-state index contributed by atoms with van der Waals surface area (Å²) in [5.74, 6) is -0.310. The number of nitrogens with zero attached hydrogens (tertiary/aromatic N) is 4.